The van der Waals surface area contributed by atoms with E-state index in [1.165, 1.54) is 12.1 Å². The molecule has 2 N–H and O–H groups in total. The predicted molar refractivity (Wildman–Crippen MR) is 65.9 cm³/mol. The Kier molecular flexibility index (Phi) is 3.46. The molecule has 0 amide bonds. The van der Waals surface area contributed by atoms with Crippen molar-refractivity contribution < 1.29 is 4.92 Å². The monoisotopic (exact) mass is 249 g/mol. The van der Waals surface area contributed by atoms with Crippen molar-refractivity contribution >= 4 is 17.0 Å². The first kappa shape index (κ1) is 11.7. The zero-order valence-corrected chi connectivity index (χ0v) is 9.81. The highest BCUT2D eigenvalue weighted by Gasteiger charge is 2.06. The lowest BCUT2D eigenvalue weighted by Crippen LogP contribution is -1.93. The van der Waals surface area contributed by atoms with E-state index in [1.807, 2.05) is 0 Å². The number of thiazole rings is 1. The number of nitrogens with two attached hydrogens (primary N) is 1. The van der Waals surface area contributed by atoms with E-state index in [2.05, 4.69) is 4.98 Å². The van der Waals surface area contributed by atoms with Crippen LogP contribution in [0.1, 0.15) is 15.4 Å². The summed E-state index contributed by atoms with van der Waals surface area (Å²) >= 11 is 1.57. The highest BCUT2D eigenvalue weighted by atomic mass is 32.1. The first-order chi connectivity index (χ1) is 8.19. The SMILES string of the molecule is NCc1ncc(Cc2ccc([N+](=O)[O-])cc2)s1. The molecule has 17 heavy (non-hydrogen) atoms. The number of hydrogen-bond acceptors (Lipinski definition) is 5. The van der Waals surface area contributed by atoms with Crippen LogP contribution < -0.4 is 5.73 Å². The van der Waals surface area contributed by atoms with Crippen molar-refractivity contribution in [3.63, 3.8) is 0 Å². The van der Waals surface area contributed by atoms with Crippen molar-refractivity contribution in [3.05, 3.63) is 56.0 Å². The number of non-ortho nitro benzene ring substituents is 1. The van der Waals surface area contributed by atoms with E-state index in [-0.39, 0.29) is 5.69 Å². The van der Waals surface area contributed by atoms with Crippen LogP contribution in [0.15, 0.2) is 30.5 Å². The molecule has 0 aliphatic rings. The Bertz CT molecular complexity index is 522. The van der Waals surface area contributed by atoms with Crippen LogP contribution in [0.5, 0.6) is 0 Å². The highest BCUT2D eigenvalue weighted by Crippen LogP contribution is 2.19. The summed E-state index contributed by atoms with van der Waals surface area (Å²) in [5, 5.41) is 11.4. The number of hydrogen-bond donors (Lipinski definition) is 1. The Hall–Kier alpha value is -1.79. The van der Waals surface area contributed by atoms with Gasteiger partial charge in [0.25, 0.3) is 5.69 Å². The second-order valence-corrected chi connectivity index (χ2v) is 4.72. The van der Waals surface area contributed by atoms with Gasteiger partial charge in [-0.15, -0.1) is 11.3 Å². The summed E-state index contributed by atoms with van der Waals surface area (Å²) in [4.78, 5) is 15.4. The van der Waals surface area contributed by atoms with Crippen LogP contribution in [0.3, 0.4) is 0 Å². The van der Waals surface area contributed by atoms with Crippen molar-refractivity contribution in [3.8, 4) is 0 Å². The molecule has 2 aromatic rings. The van der Waals surface area contributed by atoms with Crippen molar-refractivity contribution in [2.75, 3.05) is 0 Å². The molecule has 6 heteroatoms. The van der Waals surface area contributed by atoms with Gasteiger partial charge >= 0.3 is 0 Å². The van der Waals surface area contributed by atoms with E-state index in [1.54, 1.807) is 29.7 Å². The molecule has 5 nitrogen and oxygen atoms in total. The molecule has 0 unspecified atom stereocenters. The van der Waals surface area contributed by atoms with E-state index in [0.717, 1.165) is 21.9 Å². The number of nitrogens with zero attached hydrogens (tertiary/aromatic N) is 2. The molecule has 0 bridgehead atoms. The summed E-state index contributed by atoms with van der Waals surface area (Å²) in [6.45, 7) is 0.449. The first-order valence-electron chi connectivity index (χ1n) is 5.06. The van der Waals surface area contributed by atoms with Gasteiger partial charge in [-0.3, -0.25) is 10.1 Å². The molecule has 1 aromatic carbocycles. The minimum Gasteiger partial charge on any atom is -0.325 e. The highest BCUT2D eigenvalue weighted by molar-refractivity contribution is 7.11. The number of rotatable bonds is 4. The summed E-state index contributed by atoms with van der Waals surface area (Å²) < 4.78 is 0. The Morgan fingerprint density at radius 1 is 1.35 bits per heavy atom. The van der Waals surface area contributed by atoms with Crippen LogP contribution in [-0.2, 0) is 13.0 Å². The lowest BCUT2D eigenvalue weighted by Gasteiger charge is -1.97. The van der Waals surface area contributed by atoms with Gasteiger partial charge in [0.2, 0.25) is 0 Å². The Morgan fingerprint density at radius 2 is 2.06 bits per heavy atom. The van der Waals surface area contributed by atoms with Gasteiger partial charge in [-0.25, -0.2) is 4.98 Å². The van der Waals surface area contributed by atoms with Crippen LogP contribution in [0.4, 0.5) is 5.69 Å². The van der Waals surface area contributed by atoms with Crippen LogP contribution >= 0.6 is 11.3 Å². The minimum absolute atomic E-state index is 0.112. The van der Waals surface area contributed by atoms with Gasteiger partial charge in [-0.2, -0.15) is 0 Å². The smallest absolute Gasteiger partial charge is 0.269 e. The van der Waals surface area contributed by atoms with Crippen LogP contribution in [-0.4, -0.2) is 9.91 Å². The fourth-order valence-corrected chi connectivity index (χ4v) is 2.30. The van der Waals surface area contributed by atoms with E-state index in [4.69, 9.17) is 5.73 Å². The number of nitro benzene ring substituents is 1. The van der Waals surface area contributed by atoms with Crippen molar-refractivity contribution in [2.45, 2.75) is 13.0 Å². The molecular formula is C11H11N3O2S. The third-order valence-corrected chi connectivity index (χ3v) is 3.32. The fraction of sp³-hybridized carbons (Fsp3) is 0.182. The Labute approximate surface area is 102 Å². The molecular weight excluding hydrogens is 238 g/mol. The second-order valence-electron chi connectivity index (χ2n) is 3.52. The lowest BCUT2D eigenvalue weighted by molar-refractivity contribution is -0.384. The maximum absolute atomic E-state index is 10.5. The zero-order valence-electron chi connectivity index (χ0n) is 9.00. The third kappa shape index (κ3) is 2.86. The molecule has 0 aliphatic carbocycles. The minimum atomic E-state index is -0.400. The summed E-state index contributed by atoms with van der Waals surface area (Å²) in [6.07, 6.45) is 2.53. The largest absolute Gasteiger partial charge is 0.325 e. The first-order valence-corrected chi connectivity index (χ1v) is 5.87. The zero-order chi connectivity index (χ0) is 12.3. The summed E-state index contributed by atoms with van der Waals surface area (Å²) in [5.74, 6) is 0. The Balaban J connectivity index is 2.10. The average molecular weight is 249 g/mol. The standard InChI is InChI=1S/C11H11N3O2S/c12-6-11-13-7-10(17-11)5-8-1-3-9(4-2-8)14(15)16/h1-4,7H,5-6,12H2. The van der Waals surface area contributed by atoms with Crippen molar-refractivity contribution in [1.29, 1.82) is 0 Å². The quantitative estimate of drug-likeness (QED) is 0.664. The molecule has 0 fully saturated rings. The fourth-order valence-electron chi connectivity index (χ4n) is 1.46. The average Bonchev–Trinajstić information content (AvgIpc) is 2.77. The van der Waals surface area contributed by atoms with Gasteiger partial charge in [0.1, 0.15) is 5.01 Å². The van der Waals surface area contributed by atoms with Crippen LogP contribution in [0.2, 0.25) is 0 Å². The molecule has 1 heterocycles. The van der Waals surface area contributed by atoms with Gasteiger partial charge in [-0.05, 0) is 5.56 Å². The summed E-state index contributed by atoms with van der Waals surface area (Å²) in [5.41, 5.74) is 6.62. The molecule has 0 spiro atoms. The van der Waals surface area contributed by atoms with Crippen molar-refractivity contribution in [2.24, 2.45) is 5.73 Å². The van der Waals surface area contributed by atoms with Gasteiger partial charge < -0.3 is 5.73 Å². The maximum Gasteiger partial charge on any atom is 0.269 e. The van der Waals surface area contributed by atoms with E-state index < -0.39 is 4.92 Å². The maximum atomic E-state index is 10.5. The lowest BCUT2D eigenvalue weighted by atomic mass is 10.1. The molecule has 0 saturated heterocycles. The number of aromatic nitrogens is 1. The molecule has 0 atom stereocenters. The van der Waals surface area contributed by atoms with Gasteiger partial charge in [0, 0.05) is 36.2 Å². The molecule has 0 aliphatic heterocycles. The van der Waals surface area contributed by atoms with E-state index >= 15 is 0 Å². The molecule has 1 aromatic heterocycles. The number of nitro groups is 1. The van der Waals surface area contributed by atoms with E-state index in [0.29, 0.717) is 6.54 Å². The van der Waals surface area contributed by atoms with Crippen LogP contribution in [0.25, 0.3) is 0 Å². The van der Waals surface area contributed by atoms with Gasteiger partial charge in [0.15, 0.2) is 0 Å². The van der Waals surface area contributed by atoms with Crippen molar-refractivity contribution in [1.82, 2.24) is 4.98 Å². The molecule has 2 rings (SSSR count). The summed E-state index contributed by atoms with van der Waals surface area (Å²) in [6, 6.07) is 6.56. The second kappa shape index (κ2) is 5.03. The summed E-state index contributed by atoms with van der Waals surface area (Å²) in [7, 11) is 0. The van der Waals surface area contributed by atoms with E-state index in [9.17, 15) is 10.1 Å². The third-order valence-electron chi connectivity index (χ3n) is 2.30. The number of benzene rings is 1. The Morgan fingerprint density at radius 3 is 2.59 bits per heavy atom. The topological polar surface area (TPSA) is 82.0 Å². The van der Waals surface area contributed by atoms with Crippen LogP contribution in [0, 0.1) is 10.1 Å². The molecule has 88 valence electrons. The predicted octanol–water partition coefficient (Wildman–Crippen LogP) is 2.10. The van der Waals surface area contributed by atoms with Gasteiger partial charge in [-0.1, -0.05) is 12.1 Å². The normalized spacial score (nSPS) is 10.4. The molecule has 0 saturated carbocycles. The molecule has 0 radical (unpaired) electrons. The van der Waals surface area contributed by atoms with Gasteiger partial charge in [0.05, 0.1) is 4.92 Å².